The Labute approximate surface area is 227 Å². The molecule has 3 aromatic rings. The van der Waals surface area contributed by atoms with Crippen LogP contribution in [0.5, 0.6) is 0 Å². The number of ether oxygens (including phenoxy) is 1. The van der Waals surface area contributed by atoms with Gasteiger partial charge >= 0.3 is 5.97 Å². The van der Waals surface area contributed by atoms with Gasteiger partial charge in [0.1, 0.15) is 5.69 Å². The molecule has 4 nitrogen and oxygen atoms in total. The van der Waals surface area contributed by atoms with E-state index in [4.69, 9.17) is 4.74 Å². The van der Waals surface area contributed by atoms with Crippen LogP contribution in [0.15, 0.2) is 66.9 Å². The highest BCUT2D eigenvalue weighted by molar-refractivity contribution is 6.15. The minimum absolute atomic E-state index is 0.279. The van der Waals surface area contributed by atoms with Gasteiger partial charge in [0.15, 0.2) is 0 Å². The van der Waals surface area contributed by atoms with Crippen LogP contribution in [-0.2, 0) is 16.7 Å². The summed E-state index contributed by atoms with van der Waals surface area (Å²) in [4.78, 5) is 12.1. The Morgan fingerprint density at radius 2 is 1.57 bits per heavy atom. The van der Waals surface area contributed by atoms with Crippen LogP contribution in [0.2, 0.25) is 0 Å². The number of hydrogen-bond acceptors (Lipinski definition) is 3. The Kier molecular flexibility index (Phi) is 9.02. The van der Waals surface area contributed by atoms with Gasteiger partial charge in [-0.2, -0.15) is 0 Å². The van der Waals surface area contributed by atoms with Gasteiger partial charge in [-0.05, 0) is 110 Å². The lowest BCUT2D eigenvalue weighted by atomic mass is 9.57. The Hall–Kier alpha value is -2.72. The van der Waals surface area contributed by atoms with E-state index in [9.17, 15) is 4.79 Å². The molecule has 1 heterocycles. The Bertz CT molecular complexity index is 1130. The Balaban J connectivity index is 0.00000156. The van der Waals surface area contributed by atoms with Gasteiger partial charge in [0.2, 0.25) is 0 Å². The maximum Gasteiger partial charge on any atom is 0.354 e. The highest BCUT2D eigenvalue weighted by Gasteiger charge is 2.41. The molecule has 198 valence electrons. The van der Waals surface area contributed by atoms with Crippen LogP contribution in [0, 0.1) is 17.8 Å². The number of anilines is 2. The van der Waals surface area contributed by atoms with E-state index in [1.165, 1.54) is 44.1 Å². The first-order valence-electron chi connectivity index (χ1n) is 13.6. The van der Waals surface area contributed by atoms with E-state index >= 15 is 0 Å². The highest BCUT2D eigenvalue weighted by Crippen LogP contribution is 2.51. The topological polar surface area (TPSA) is 43.3 Å². The molecule has 0 amide bonds. The van der Waals surface area contributed by atoms with Gasteiger partial charge in [0, 0.05) is 30.5 Å². The number of carbonyl (C=O) groups is 1. The summed E-state index contributed by atoms with van der Waals surface area (Å²) in [7, 11) is 0. The first-order valence-corrected chi connectivity index (χ1v) is 14.3. The van der Waals surface area contributed by atoms with Crippen molar-refractivity contribution in [2.45, 2.75) is 64.8 Å². The summed E-state index contributed by atoms with van der Waals surface area (Å²) in [6.45, 7) is 7.77. The zero-order chi connectivity index (χ0) is 26.4. The van der Waals surface area contributed by atoms with Crippen molar-refractivity contribution in [3.8, 4) is 0 Å². The lowest BCUT2D eigenvalue weighted by molar-refractivity contribution is 0.0514. The molecule has 0 aliphatic heterocycles. The predicted molar refractivity (Wildman–Crippen MR) is 154 cm³/mol. The van der Waals surface area contributed by atoms with Crippen molar-refractivity contribution in [1.29, 1.82) is 0 Å². The quantitative estimate of drug-likeness (QED) is 0.251. The highest BCUT2D eigenvalue weighted by atomic mass is 35.5. The number of halogens is 1. The fourth-order valence-corrected chi connectivity index (χ4v) is 6.78. The molecule has 2 fully saturated rings. The third-order valence-electron chi connectivity index (χ3n) is 8.11. The van der Waals surface area contributed by atoms with Gasteiger partial charge in [-0.25, -0.2) is 4.79 Å². The van der Waals surface area contributed by atoms with Crippen LogP contribution in [-0.4, -0.2) is 23.5 Å². The van der Waals surface area contributed by atoms with Crippen LogP contribution in [0.3, 0.4) is 0 Å². The summed E-state index contributed by atoms with van der Waals surface area (Å²) >= 11 is 4.64. The molecule has 2 bridgehead atoms. The number of esters is 1. The molecule has 2 aliphatic carbocycles. The minimum atomic E-state index is -0.279. The van der Waals surface area contributed by atoms with Gasteiger partial charge in [0.25, 0.3) is 0 Å². The third kappa shape index (κ3) is 6.59. The lowest BCUT2D eigenvalue weighted by Gasteiger charge is -2.47. The molecule has 0 radical (unpaired) electrons. The molecule has 1 aromatic heterocycles. The van der Waals surface area contributed by atoms with Crippen molar-refractivity contribution < 1.29 is 9.53 Å². The standard InChI is InChI=1S/C31H38N2O2.CH3Cl/c1-4-35-30(34)29-6-5-15-33(29)21-23-7-11-27(12-8-23)32-28-13-9-26(10-14-28)31(3)19-24-16-22(2)17-25(18-24)20-31;1-2/h5-15,22,24-25,32H,4,16-21H2,1-3H3;1H3. The minimum Gasteiger partial charge on any atom is -0.461 e. The molecular formula is C32H41ClN2O2. The first kappa shape index (κ1) is 27.3. The Morgan fingerprint density at radius 1 is 0.973 bits per heavy atom. The second-order valence-electron chi connectivity index (χ2n) is 11.2. The molecular weight excluding hydrogens is 480 g/mol. The molecule has 0 spiro atoms. The van der Waals surface area contributed by atoms with Crippen molar-refractivity contribution in [2.24, 2.45) is 17.8 Å². The molecule has 2 unspecified atom stereocenters. The van der Waals surface area contributed by atoms with Crippen LogP contribution in [0.1, 0.15) is 74.5 Å². The van der Waals surface area contributed by atoms with Gasteiger partial charge in [-0.15, -0.1) is 11.6 Å². The average molecular weight is 521 g/mol. The van der Waals surface area contributed by atoms with E-state index in [2.05, 4.69) is 79.3 Å². The summed E-state index contributed by atoms with van der Waals surface area (Å²) in [6, 6.07) is 21.2. The van der Waals surface area contributed by atoms with Crippen molar-refractivity contribution in [3.05, 3.63) is 83.7 Å². The van der Waals surface area contributed by atoms with Crippen LogP contribution < -0.4 is 5.32 Å². The van der Waals surface area contributed by atoms with E-state index in [-0.39, 0.29) is 5.97 Å². The number of carbonyl (C=O) groups excluding carboxylic acids is 1. The van der Waals surface area contributed by atoms with Crippen LogP contribution in [0.4, 0.5) is 11.4 Å². The second kappa shape index (κ2) is 12.2. The van der Waals surface area contributed by atoms with E-state index < -0.39 is 0 Å². The average Bonchev–Trinajstić information content (AvgIpc) is 3.34. The number of hydrogen-bond donors (Lipinski definition) is 1. The predicted octanol–water partition coefficient (Wildman–Crippen LogP) is 8.42. The molecule has 2 aliphatic rings. The van der Waals surface area contributed by atoms with Gasteiger partial charge in [0.05, 0.1) is 6.61 Å². The van der Waals surface area contributed by atoms with Gasteiger partial charge < -0.3 is 14.6 Å². The maximum absolute atomic E-state index is 12.1. The first-order chi connectivity index (χ1) is 17.9. The zero-order valence-corrected chi connectivity index (χ0v) is 23.4. The number of fused-ring (bicyclic) bond motifs is 2. The molecule has 2 atom stereocenters. The number of aromatic nitrogens is 1. The summed E-state index contributed by atoms with van der Waals surface area (Å²) in [5.74, 6) is 2.43. The summed E-state index contributed by atoms with van der Waals surface area (Å²) < 4.78 is 7.09. The molecule has 2 aromatic carbocycles. The molecule has 2 saturated carbocycles. The van der Waals surface area contributed by atoms with Crippen LogP contribution >= 0.6 is 11.6 Å². The molecule has 1 N–H and O–H groups in total. The van der Waals surface area contributed by atoms with Crippen molar-refractivity contribution >= 4 is 28.9 Å². The fourth-order valence-electron chi connectivity index (χ4n) is 6.78. The molecule has 0 saturated heterocycles. The number of nitrogens with one attached hydrogen (secondary N) is 1. The molecule has 37 heavy (non-hydrogen) atoms. The van der Waals surface area contributed by atoms with Gasteiger partial charge in [-0.3, -0.25) is 0 Å². The molecule has 5 rings (SSSR count). The Morgan fingerprint density at radius 3 is 2.16 bits per heavy atom. The summed E-state index contributed by atoms with van der Waals surface area (Å²) in [6.07, 6.45) is 10.3. The SMILES string of the molecule is CCOC(=O)c1cccn1Cc1ccc(Nc2ccc(C3(C)CC4CC(C)CC(C4)C3)cc2)cc1.CCl. The fraction of sp³-hybridized carbons (Fsp3) is 0.469. The van der Waals surface area contributed by atoms with Crippen molar-refractivity contribution in [1.82, 2.24) is 4.57 Å². The van der Waals surface area contributed by atoms with Gasteiger partial charge in [-0.1, -0.05) is 38.1 Å². The van der Waals surface area contributed by atoms with Crippen LogP contribution in [0.25, 0.3) is 0 Å². The third-order valence-corrected chi connectivity index (χ3v) is 8.11. The number of benzene rings is 2. The largest absolute Gasteiger partial charge is 0.461 e. The van der Waals surface area contributed by atoms with E-state index in [0.29, 0.717) is 24.3 Å². The molecule has 5 heteroatoms. The zero-order valence-electron chi connectivity index (χ0n) is 22.7. The van der Waals surface area contributed by atoms with Crippen molar-refractivity contribution in [2.75, 3.05) is 18.3 Å². The smallest absolute Gasteiger partial charge is 0.354 e. The van der Waals surface area contributed by atoms with E-state index in [1.54, 1.807) is 6.07 Å². The number of alkyl halides is 1. The van der Waals surface area contributed by atoms with E-state index in [0.717, 1.165) is 34.7 Å². The monoisotopic (exact) mass is 520 g/mol. The summed E-state index contributed by atoms with van der Waals surface area (Å²) in [5.41, 5.74) is 5.70. The summed E-state index contributed by atoms with van der Waals surface area (Å²) in [5, 5.41) is 3.54. The second-order valence-corrected chi connectivity index (χ2v) is 11.2. The maximum atomic E-state index is 12.1. The van der Waals surface area contributed by atoms with Crippen molar-refractivity contribution in [3.63, 3.8) is 0 Å². The lowest BCUT2D eigenvalue weighted by Crippen LogP contribution is -2.38. The number of rotatable bonds is 7. The normalized spacial score (nSPS) is 24.5. The van der Waals surface area contributed by atoms with E-state index in [1.807, 2.05) is 23.8 Å². The number of nitrogens with zero attached hydrogens (tertiary/aromatic N) is 1.